The van der Waals surface area contributed by atoms with Gasteiger partial charge in [-0.15, -0.1) is 11.6 Å². The molecule has 100 valence electrons. The zero-order valence-corrected chi connectivity index (χ0v) is 12.3. The molecule has 0 saturated carbocycles. The molecule has 0 aliphatic heterocycles. The summed E-state index contributed by atoms with van der Waals surface area (Å²) in [5.74, 6) is -0.139. The zero-order valence-electron chi connectivity index (χ0n) is 9.96. The SMILES string of the molecule is O=S(=O)(CC(Cl)c1ccccc1)c1ccc(Cl)cc1. The van der Waals surface area contributed by atoms with Gasteiger partial charge in [0, 0.05) is 5.02 Å². The highest BCUT2D eigenvalue weighted by Crippen LogP contribution is 2.25. The Morgan fingerprint density at radius 1 is 0.947 bits per heavy atom. The summed E-state index contributed by atoms with van der Waals surface area (Å²) in [5, 5.41) is -0.0636. The van der Waals surface area contributed by atoms with Crippen LogP contribution in [0.25, 0.3) is 0 Å². The highest BCUT2D eigenvalue weighted by Gasteiger charge is 2.20. The van der Waals surface area contributed by atoms with E-state index in [9.17, 15) is 8.42 Å². The highest BCUT2D eigenvalue weighted by atomic mass is 35.5. The Labute approximate surface area is 122 Å². The van der Waals surface area contributed by atoms with Crippen LogP contribution < -0.4 is 0 Å². The van der Waals surface area contributed by atoms with Crippen LogP contribution in [0.2, 0.25) is 5.02 Å². The number of benzene rings is 2. The average molecular weight is 315 g/mol. The van der Waals surface area contributed by atoms with Crippen molar-refractivity contribution in [3.63, 3.8) is 0 Å². The quantitative estimate of drug-likeness (QED) is 0.796. The summed E-state index contributed by atoms with van der Waals surface area (Å²) in [4.78, 5) is 0.235. The van der Waals surface area contributed by atoms with E-state index in [4.69, 9.17) is 23.2 Å². The van der Waals surface area contributed by atoms with Gasteiger partial charge in [-0.25, -0.2) is 8.42 Å². The van der Waals surface area contributed by atoms with E-state index in [1.165, 1.54) is 12.1 Å². The third-order valence-electron chi connectivity index (χ3n) is 2.70. The van der Waals surface area contributed by atoms with Gasteiger partial charge in [0.25, 0.3) is 0 Å². The number of rotatable bonds is 4. The van der Waals surface area contributed by atoms with Gasteiger partial charge in [-0.3, -0.25) is 0 Å². The second-order valence-electron chi connectivity index (χ2n) is 4.11. The van der Waals surface area contributed by atoms with Gasteiger partial charge in [0.05, 0.1) is 16.0 Å². The molecule has 0 heterocycles. The molecule has 2 nitrogen and oxygen atoms in total. The van der Waals surface area contributed by atoms with Crippen LogP contribution in [-0.2, 0) is 9.84 Å². The molecule has 0 fully saturated rings. The lowest BCUT2D eigenvalue weighted by molar-refractivity contribution is 0.594. The monoisotopic (exact) mass is 314 g/mol. The summed E-state index contributed by atoms with van der Waals surface area (Å²) in [7, 11) is -3.42. The normalized spacial score (nSPS) is 13.2. The third kappa shape index (κ3) is 3.72. The molecule has 0 aliphatic carbocycles. The van der Waals surface area contributed by atoms with Gasteiger partial charge >= 0.3 is 0 Å². The number of halogens is 2. The Balaban J connectivity index is 2.20. The van der Waals surface area contributed by atoms with Crippen molar-refractivity contribution in [3.8, 4) is 0 Å². The van der Waals surface area contributed by atoms with Crippen molar-refractivity contribution in [3.05, 3.63) is 65.2 Å². The van der Waals surface area contributed by atoms with E-state index >= 15 is 0 Å². The minimum absolute atomic E-state index is 0.139. The topological polar surface area (TPSA) is 34.1 Å². The molecule has 5 heteroatoms. The lowest BCUT2D eigenvalue weighted by Gasteiger charge is -2.10. The fraction of sp³-hybridized carbons (Fsp3) is 0.143. The molecule has 1 atom stereocenters. The van der Waals surface area contributed by atoms with Gasteiger partial charge in [-0.05, 0) is 29.8 Å². The molecule has 2 aromatic carbocycles. The molecular weight excluding hydrogens is 303 g/mol. The van der Waals surface area contributed by atoms with Crippen LogP contribution in [0.4, 0.5) is 0 Å². The molecule has 1 unspecified atom stereocenters. The van der Waals surface area contributed by atoms with Gasteiger partial charge in [-0.2, -0.15) is 0 Å². The molecule has 19 heavy (non-hydrogen) atoms. The maximum Gasteiger partial charge on any atom is 0.180 e. The smallest absolute Gasteiger partial charge is 0.180 e. The van der Waals surface area contributed by atoms with Gasteiger partial charge in [0.2, 0.25) is 0 Å². The van der Waals surface area contributed by atoms with Gasteiger partial charge in [-0.1, -0.05) is 41.9 Å². The lowest BCUT2D eigenvalue weighted by atomic mass is 10.2. The van der Waals surface area contributed by atoms with Crippen LogP contribution >= 0.6 is 23.2 Å². The minimum atomic E-state index is -3.42. The van der Waals surface area contributed by atoms with E-state index < -0.39 is 15.2 Å². The van der Waals surface area contributed by atoms with E-state index in [0.29, 0.717) is 5.02 Å². The van der Waals surface area contributed by atoms with Crippen molar-refractivity contribution < 1.29 is 8.42 Å². The van der Waals surface area contributed by atoms with E-state index in [2.05, 4.69) is 0 Å². The molecule has 2 rings (SSSR count). The highest BCUT2D eigenvalue weighted by molar-refractivity contribution is 7.91. The molecule has 0 bridgehead atoms. The summed E-state index contributed by atoms with van der Waals surface area (Å²) in [5.41, 5.74) is 0.793. The van der Waals surface area contributed by atoms with Crippen LogP contribution in [0.15, 0.2) is 59.5 Å². The predicted octanol–water partition coefficient (Wildman–Crippen LogP) is 4.09. The second kappa shape index (κ2) is 5.95. The number of hydrogen-bond donors (Lipinski definition) is 0. The number of alkyl halides is 1. The molecule has 0 radical (unpaired) electrons. The molecule has 0 spiro atoms. The maximum atomic E-state index is 12.2. The van der Waals surface area contributed by atoms with Crippen LogP contribution in [0.1, 0.15) is 10.9 Å². The largest absolute Gasteiger partial charge is 0.224 e. The molecule has 0 aromatic heterocycles. The van der Waals surface area contributed by atoms with Gasteiger partial charge in [0.1, 0.15) is 0 Å². The fourth-order valence-electron chi connectivity index (χ4n) is 1.69. The van der Waals surface area contributed by atoms with Crippen LogP contribution in [0.3, 0.4) is 0 Å². The summed E-state index contributed by atoms with van der Waals surface area (Å²) in [6.07, 6.45) is 0. The fourth-order valence-corrected chi connectivity index (χ4v) is 3.78. The molecule has 0 N–H and O–H groups in total. The summed E-state index contributed by atoms with van der Waals surface area (Å²) in [6, 6.07) is 15.3. The molecule has 0 aliphatic rings. The summed E-state index contributed by atoms with van der Waals surface area (Å²) < 4.78 is 24.4. The first-order chi connectivity index (χ1) is 8.99. The Kier molecular flexibility index (Phi) is 4.50. The third-order valence-corrected chi connectivity index (χ3v) is 5.30. The van der Waals surface area contributed by atoms with Crippen molar-refractivity contribution in [2.75, 3.05) is 5.75 Å². The lowest BCUT2D eigenvalue weighted by Crippen LogP contribution is -2.11. The molecular formula is C14H12Cl2O2S. The first-order valence-corrected chi connectivity index (χ1v) is 8.13. The molecule has 2 aromatic rings. The van der Waals surface area contributed by atoms with Crippen molar-refractivity contribution in [1.29, 1.82) is 0 Å². The van der Waals surface area contributed by atoms with E-state index in [1.54, 1.807) is 12.1 Å². The summed E-state index contributed by atoms with van der Waals surface area (Å²) in [6.45, 7) is 0. The number of sulfone groups is 1. The number of hydrogen-bond acceptors (Lipinski definition) is 2. The Bertz CT molecular complexity index is 637. The van der Waals surface area contributed by atoms with Crippen molar-refractivity contribution in [1.82, 2.24) is 0 Å². The average Bonchev–Trinajstić information content (AvgIpc) is 2.40. The Hall–Kier alpha value is -1.03. The van der Waals surface area contributed by atoms with Crippen LogP contribution in [0.5, 0.6) is 0 Å². The van der Waals surface area contributed by atoms with Crippen molar-refractivity contribution in [2.24, 2.45) is 0 Å². The second-order valence-corrected chi connectivity index (χ2v) is 7.11. The van der Waals surface area contributed by atoms with Gasteiger partial charge < -0.3 is 0 Å². The van der Waals surface area contributed by atoms with Crippen molar-refractivity contribution in [2.45, 2.75) is 10.3 Å². The standard InChI is InChI=1S/C14H12Cl2O2S/c15-12-6-8-13(9-7-12)19(17,18)10-14(16)11-4-2-1-3-5-11/h1-9,14H,10H2. The van der Waals surface area contributed by atoms with Crippen LogP contribution in [-0.4, -0.2) is 14.2 Å². The molecule has 0 saturated heterocycles. The Morgan fingerprint density at radius 2 is 1.53 bits per heavy atom. The summed E-state index contributed by atoms with van der Waals surface area (Å²) >= 11 is 11.9. The predicted molar refractivity (Wildman–Crippen MR) is 78.5 cm³/mol. The zero-order chi connectivity index (χ0) is 13.9. The first-order valence-electron chi connectivity index (χ1n) is 5.66. The van der Waals surface area contributed by atoms with E-state index in [1.807, 2.05) is 30.3 Å². The Morgan fingerprint density at radius 3 is 2.11 bits per heavy atom. The molecule has 0 amide bonds. The maximum absolute atomic E-state index is 12.2. The minimum Gasteiger partial charge on any atom is -0.224 e. The van der Waals surface area contributed by atoms with Gasteiger partial charge in [0.15, 0.2) is 9.84 Å². The van der Waals surface area contributed by atoms with Crippen LogP contribution in [0, 0.1) is 0 Å². The first kappa shape index (κ1) is 14.4. The van der Waals surface area contributed by atoms with E-state index in [-0.39, 0.29) is 10.6 Å². The van der Waals surface area contributed by atoms with Crippen molar-refractivity contribution >= 4 is 33.0 Å². The van der Waals surface area contributed by atoms with E-state index in [0.717, 1.165) is 5.56 Å².